The Morgan fingerprint density at radius 2 is 0.912 bits per heavy atom. The molecule has 0 amide bonds. The molecule has 34 heavy (non-hydrogen) atoms. The Balaban J connectivity index is 0.00000408. The van der Waals surface area contributed by atoms with Gasteiger partial charge in [-0.15, -0.1) is 6.35 Å². The van der Waals surface area contributed by atoms with Crippen LogP contribution in [0.25, 0.3) is 0 Å². The van der Waals surface area contributed by atoms with Crippen molar-refractivity contribution in [3.63, 3.8) is 0 Å². The molecule has 0 aliphatic carbocycles. The summed E-state index contributed by atoms with van der Waals surface area (Å²) >= 11 is 0. The summed E-state index contributed by atoms with van der Waals surface area (Å²) in [7, 11) is -2.70. The maximum absolute atomic E-state index is 13.6. The van der Waals surface area contributed by atoms with Crippen LogP contribution in [-0.4, -0.2) is 35.6 Å². The van der Waals surface area contributed by atoms with Gasteiger partial charge >= 0.3 is 31.2 Å². The molecule has 0 bridgehead atoms. The van der Waals surface area contributed by atoms with Crippen molar-refractivity contribution in [2.24, 2.45) is 0 Å². The molecular formula is C24H20F6LiO2P. The first kappa shape index (κ1) is 28.4. The minimum absolute atomic E-state index is 0. The first-order valence-electron chi connectivity index (χ1n) is 9.84. The summed E-state index contributed by atoms with van der Waals surface area (Å²) in [6.45, 7) is 0. The zero-order valence-electron chi connectivity index (χ0n) is 18.1. The maximum atomic E-state index is 13.6. The fraction of sp³-hybridized carbons (Fsp3) is 0.250. The first-order chi connectivity index (χ1) is 15.5. The van der Waals surface area contributed by atoms with Crippen LogP contribution in [0.1, 0.15) is 16.7 Å². The molecule has 3 aromatic carbocycles. The summed E-state index contributed by atoms with van der Waals surface area (Å²) in [4.78, 5) is 0. The average molecular weight is 492 g/mol. The zero-order chi connectivity index (χ0) is 24.3. The van der Waals surface area contributed by atoms with Crippen molar-refractivity contribution in [2.45, 2.75) is 23.1 Å². The van der Waals surface area contributed by atoms with E-state index < -0.39 is 43.5 Å². The van der Waals surface area contributed by atoms with Gasteiger partial charge < -0.3 is 10.2 Å². The Hall–Kier alpha value is -1.81. The Morgan fingerprint density at radius 3 is 1.15 bits per heavy atom. The van der Waals surface area contributed by atoms with Gasteiger partial charge in [-0.25, -0.2) is 0 Å². The van der Waals surface area contributed by atoms with E-state index in [0.717, 1.165) is 0 Å². The van der Waals surface area contributed by atoms with Crippen LogP contribution in [0.15, 0.2) is 91.0 Å². The van der Waals surface area contributed by atoms with Gasteiger partial charge in [0.1, 0.15) is 0 Å². The molecule has 0 fully saturated rings. The molecule has 3 rings (SSSR count). The van der Waals surface area contributed by atoms with Gasteiger partial charge in [0.25, 0.3) is 5.60 Å². The predicted octanol–water partition coefficient (Wildman–Crippen LogP) is 2.64. The van der Waals surface area contributed by atoms with Gasteiger partial charge in [-0.05, 0) is 16.7 Å². The van der Waals surface area contributed by atoms with Crippen molar-refractivity contribution in [3.05, 3.63) is 108 Å². The zero-order valence-corrected chi connectivity index (χ0v) is 19.0. The molecule has 176 valence electrons. The minimum atomic E-state index is -6.02. The molecule has 0 saturated heterocycles. The van der Waals surface area contributed by atoms with Crippen LogP contribution in [-0.2, 0) is 5.16 Å². The minimum Gasteiger partial charge on any atom is -0.851 e. The summed E-state index contributed by atoms with van der Waals surface area (Å²) in [6, 6.07) is 24.1. The second-order valence-electron chi connectivity index (χ2n) is 7.49. The van der Waals surface area contributed by atoms with Gasteiger partial charge in [-0.2, -0.15) is 26.3 Å². The van der Waals surface area contributed by atoms with Crippen LogP contribution in [0.3, 0.4) is 0 Å². The number of halogens is 6. The Bertz CT molecular complexity index is 919. The third-order valence-electron chi connectivity index (χ3n) is 5.56. The van der Waals surface area contributed by atoms with Gasteiger partial charge in [0.05, 0.1) is 5.16 Å². The normalized spacial score (nSPS) is 13.8. The molecule has 3 aromatic rings. The summed E-state index contributed by atoms with van der Waals surface area (Å²) in [5.74, 6) is 0. The van der Waals surface area contributed by atoms with Gasteiger partial charge in [0, 0.05) is 6.16 Å². The maximum Gasteiger partial charge on any atom is 1.00 e. The Labute approximate surface area is 206 Å². The average Bonchev–Trinajstić information content (AvgIpc) is 2.79. The first-order valence-corrected chi connectivity index (χ1v) is 11.5. The van der Waals surface area contributed by atoms with Crippen LogP contribution >= 0.6 is 7.92 Å². The second-order valence-corrected chi connectivity index (χ2v) is 9.82. The number of alkyl halides is 6. The van der Waals surface area contributed by atoms with E-state index in [2.05, 4.69) is 0 Å². The van der Waals surface area contributed by atoms with Crippen LogP contribution in [0.2, 0.25) is 0 Å². The quantitative estimate of drug-likeness (QED) is 0.239. The molecule has 1 atom stereocenters. The van der Waals surface area contributed by atoms with Gasteiger partial charge in [0.15, 0.2) is 0 Å². The summed E-state index contributed by atoms with van der Waals surface area (Å²) in [5.41, 5.74) is -3.91. The van der Waals surface area contributed by atoms with E-state index in [1.165, 1.54) is 0 Å². The molecule has 0 aliphatic rings. The molecule has 0 radical (unpaired) electrons. The molecular weight excluding hydrogens is 472 g/mol. The standard InChI is InChI=1S/C24H20F6O2P.Li/c25-23(26,27)21(32,24(28,29)30)16-33(17-31)22(18-10-4-1-5-11-18,19-12-6-2-7-13-19)20-14-8-3-9-15-20;/h1-15,32H,16-17H2;/q-1;+1. The molecule has 2 nitrogen and oxygen atoms in total. The van der Waals surface area contributed by atoms with Crippen molar-refractivity contribution >= 4 is 7.92 Å². The fourth-order valence-electron chi connectivity index (χ4n) is 3.96. The van der Waals surface area contributed by atoms with E-state index >= 15 is 0 Å². The molecule has 1 unspecified atom stereocenters. The van der Waals surface area contributed by atoms with E-state index in [1.54, 1.807) is 91.0 Å². The number of benzene rings is 3. The van der Waals surface area contributed by atoms with Crippen molar-refractivity contribution in [1.29, 1.82) is 0 Å². The second kappa shape index (κ2) is 10.8. The fourth-order valence-corrected chi connectivity index (χ4v) is 6.94. The van der Waals surface area contributed by atoms with Crippen molar-refractivity contribution in [2.75, 3.05) is 12.5 Å². The van der Waals surface area contributed by atoms with Crippen molar-refractivity contribution in [3.8, 4) is 0 Å². The third-order valence-corrected chi connectivity index (χ3v) is 8.44. The SMILES string of the molecule is [Li+].[O-]CP(CC(O)(C(F)(F)F)C(F)(F)F)C(c1ccccc1)(c1ccccc1)c1ccccc1. The third kappa shape index (κ3) is 5.07. The molecule has 10 heteroatoms. The van der Waals surface area contributed by atoms with Crippen LogP contribution in [0.4, 0.5) is 26.3 Å². The smallest absolute Gasteiger partial charge is 0.851 e. The van der Waals surface area contributed by atoms with E-state index in [1.807, 2.05) is 0 Å². The molecule has 0 aliphatic heterocycles. The topological polar surface area (TPSA) is 43.3 Å². The van der Waals surface area contributed by atoms with Gasteiger partial charge in [0.2, 0.25) is 0 Å². The van der Waals surface area contributed by atoms with Crippen molar-refractivity contribution < 1.29 is 55.4 Å². The largest absolute Gasteiger partial charge is 1.00 e. The van der Waals surface area contributed by atoms with E-state index in [4.69, 9.17) is 0 Å². The van der Waals surface area contributed by atoms with Crippen LogP contribution < -0.4 is 24.0 Å². The summed E-state index contributed by atoms with van der Waals surface area (Å²) in [5, 5.41) is 20.9. The predicted molar refractivity (Wildman–Crippen MR) is 113 cm³/mol. The Kier molecular flexibility index (Phi) is 9.07. The van der Waals surface area contributed by atoms with Gasteiger partial charge in [-0.3, -0.25) is 0 Å². The number of rotatable bonds is 7. The molecule has 0 aromatic heterocycles. The van der Waals surface area contributed by atoms with Gasteiger partial charge in [-0.1, -0.05) is 98.9 Å². The monoisotopic (exact) mass is 492 g/mol. The number of hydrogen-bond donors (Lipinski definition) is 1. The summed E-state index contributed by atoms with van der Waals surface area (Å²) in [6.07, 6.45) is -15.1. The molecule has 1 N–H and O–H groups in total. The number of aliphatic hydroxyl groups is 1. The molecule has 0 heterocycles. The van der Waals surface area contributed by atoms with Crippen LogP contribution in [0, 0.1) is 0 Å². The Morgan fingerprint density at radius 1 is 0.618 bits per heavy atom. The summed E-state index contributed by atoms with van der Waals surface area (Å²) < 4.78 is 81.8. The molecule has 0 spiro atoms. The van der Waals surface area contributed by atoms with Crippen LogP contribution in [0.5, 0.6) is 0 Å². The van der Waals surface area contributed by atoms with E-state index in [-0.39, 0.29) is 18.9 Å². The molecule has 0 saturated carbocycles. The number of hydrogen-bond acceptors (Lipinski definition) is 2. The van der Waals surface area contributed by atoms with E-state index in [0.29, 0.717) is 16.7 Å². The van der Waals surface area contributed by atoms with E-state index in [9.17, 15) is 36.6 Å². The van der Waals surface area contributed by atoms with Crippen molar-refractivity contribution in [1.82, 2.24) is 0 Å².